The lowest BCUT2D eigenvalue weighted by atomic mass is 10.0. The van der Waals surface area contributed by atoms with Gasteiger partial charge in [-0.05, 0) is 48.6 Å². The van der Waals surface area contributed by atoms with Crippen LogP contribution in [0.5, 0.6) is 0 Å². The van der Waals surface area contributed by atoms with Crippen LogP contribution in [0.2, 0.25) is 5.02 Å². The minimum absolute atomic E-state index is 0.262. The molecule has 32 heavy (non-hydrogen) atoms. The average Bonchev–Trinajstić information content (AvgIpc) is 3.44. The van der Waals surface area contributed by atoms with E-state index in [1.54, 1.807) is 17.0 Å². The molecule has 1 unspecified atom stereocenters. The summed E-state index contributed by atoms with van der Waals surface area (Å²) >= 11 is 7.31. The van der Waals surface area contributed by atoms with E-state index in [0.717, 1.165) is 12.0 Å². The summed E-state index contributed by atoms with van der Waals surface area (Å²) in [5.74, 6) is 0.160. The van der Waals surface area contributed by atoms with Crippen LogP contribution in [-0.4, -0.2) is 39.6 Å². The highest BCUT2D eigenvalue weighted by Gasteiger charge is 2.34. The standard InChI is InChI=1S/C23H24ClN5O2S/c1-14(2)15-8-10-18(11-9-15)25-23(31)29-12-4-7-19(29)20(30)26-22-28-27-21(32-22)16-5-3-6-17(24)13-16/h3,5-6,8-11,13-14,19H,4,7,12H2,1-2H3,(H,25,31)(H,26,28,30). The molecule has 1 aromatic heterocycles. The van der Waals surface area contributed by atoms with E-state index < -0.39 is 6.04 Å². The van der Waals surface area contributed by atoms with E-state index in [1.807, 2.05) is 36.4 Å². The number of likely N-dealkylation sites (tertiary alicyclic amines) is 1. The molecule has 1 atom stereocenters. The minimum Gasteiger partial charge on any atom is -0.312 e. The molecule has 2 aromatic carbocycles. The molecule has 2 heterocycles. The maximum Gasteiger partial charge on any atom is 0.322 e. The van der Waals surface area contributed by atoms with E-state index in [9.17, 15) is 9.59 Å². The highest BCUT2D eigenvalue weighted by molar-refractivity contribution is 7.18. The van der Waals surface area contributed by atoms with Gasteiger partial charge in [-0.3, -0.25) is 10.1 Å². The smallest absolute Gasteiger partial charge is 0.312 e. The van der Waals surface area contributed by atoms with E-state index in [1.165, 1.54) is 16.9 Å². The van der Waals surface area contributed by atoms with Crippen LogP contribution in [0.15, 0.2) is 48.5 Å². The quantitative estimate of drug-likeness (QED) is 0.507. The number of hydrogen-bond acceptors (Lipinski definition) is 5. The number of nitrogens with one attached hydrogen (secondary N) is 2. The second-order valence-electron chi connectivity index (χ2n) is 7.97. The normalized spacial score (nSPS) is 15.8. The molecule has 3 aromatic rings. The van der Waals surface area contributed by atoms with Crippen molar-refractivity contribution in [3.63, 3.8) is 0 Å². The fourth-order valence-corrected chi connectivity index (χ4v) is 4.56. The fraction of sp³-hybridized carbons (Fsp3) is 0.304. The Morgan fingerprint density at radius 2 is 1.91 bits per heavy atom. The second-order valence-corrected chi connectivity index (χ2v) is 9.38. The molecule has 0 saturated carbocycles. The maximum absolute atomic E-state index is 12.9. The number of amides is 3. The Labute approximate surface area is 195 Å². The number of hydrogen-bond donors (Lipinski definition) is 2. The third kappa shape index (κ3) is 5.08. The molecule has 0 radical (unpaired) electrons. The molecular formula is C23H24ClN5O2S. The molecule has 0 aliphatic carbocycles. The van der Waals surface area contributed by atoms with E-state index in [0.29, 0.717) is 39.7 Å². The van der Waals surface area contributed by atoms with Gasteiger partial charge in [-0.25, -0.2) is 4.79 Å². The Balaban J connectivity index is 1.39. The van der Waals surface area contributed by atoms with Crippen LogP contribution in [0.25, 0.3) is 10.6 Å². The first-order chi connectivity index (χ1) is 15.4. The predicted molar refractivity (Wildman–Crippen MR) is 128 cm³/mol. The van der Waals surface area contributed by atoms with Crippen LogP contribution < -0.4 is 10.6 Å². The van der Waals surface area contributed by atoms with Gasteiger partial charge in [0.05, 0.1) is 0 Å². The van der Waals surface area contributed by atoms with Crippen molar-refractivity contribution in [2.45, 2.75) is 38.6 Å². The Morgan fingerprint density at radius 1 is 1.12 bits per heavy atom. The summed E-state index contributed by atoms with van der Waals surface area (Å²) in [5.41, 5.74) is 2.75. The van der Waals surface area contributed by atoms with E-state index in [4.69, 9.17) is 11.6 Å². The van der Waals surface area contributed by atoms with Crippen molar-refractivity contribution in [2.75, 3.05) is 17.2 Å². The summed E-state index contributed by atoms with van der Waals surface area (Å²) in [7, 11) is 0. The zero-order valence-corrected chi connectivity index (χ0v) is 19.4. The number of urea groups is 1. The molecule has 1 saturated heterocycles. The first kappa shape index (κ1) is 22.2. The molecule has 3 amide bonds. The molecule has 1 aliphatic rings. The third-order valence-electron chi connectivity index (χ3n) is 5.37. The zero-order valence-electron chi connectivity index (χ0n) is 17.8. The van der Waals surface area contributed by atoms with Gasteiger partial charge in [-0.1, -0.05) is 61.1 Å². The van der Waals surface area contributed by atoms with Crippen molar-refractivity contribution < 1.29 is 9.59 Å². The number of nitrogens with zero attached hydrogens (tertiary/aromatic N) is 3. The molecule has 4 rings (SSSR count). The first-order valence-electron chi connectivity index (χ1n) is 10.5. The molecule has 0 spiro atoms. The van der Waals surface area contributed by atoms with Crippen molar-refractivity contribution in [1.29, 1.82) is 0 Å². The molecule has 7 nitrogen and oxygen atoms in total. The average molecular weight is 470 g/mol. The maximum atomic E-state index is 12.9. The predicted octanol–water partition coefficient (Wildman–Crippen LogP) is 5.62. The number of halogens is 1. The number of aromatic nitrogens is 2. The van der Waals surface area contributed by atoms with E-state index in [-0.39, 0.29) is 11.9 Å². The summed E-state index contributed by atoms with van der Waals surface area (Å²) in [5, 5.41) is 15.6. The number of carbonyl (C=O) groups is 2. The summed E-state index contributed by atoms with van der Waals surface area (Å²) < 4.78 is 0. The highest BCUT2D eigenvalue weighted by Crippen LogP contribution is 2.29. The van der Waals surface area contributed by atoms with Gasteiger partial charge in [0.25, 0.3) is 0 Å². The van der Waals surface area contributed by atoms with Gasteiger partial charge in [-0.15, -0.1) is 10.2 Å². The van der Waals surface area contributed by atoms with Crippen LogP contribution in [0, 0.1) is 0 Å². The second kappa shape index (κ2) is 9.67. The van der Waals surface area contributed by atoms with Gasteiger partial charge >= 0.3 is 6.03 Å². The number of carbonyl (C=O) groups excluding carboxylic acids is 2. The van der Waals surface area contributed by atoms with Crippen molar-refractivity contribution in [3.05, 3.63) is 59.1 Å². The van der Waals surface area contributed by atoms with Gasteiger partial charge in [0.1, 0.15) is 11.0 Å². The molecule has 1 fully saturated rings. The molecule has 1 aliphatic heterocycles. The van der Waals surface area contributed by atoms with Crippen molar-refractivity contribution in [3.8, 4) is 10.6 Å². The molecule has 166 valence electrons. The van der Waals surface area contributed by atoms with Crippen LogP contribution in [0.1, 0.15) is 38.2 Å². The summed E-state index contributed by atoms with van der Waals surface area (Å²) in [6.07, 6.45) is 1.37. The minimum atomic E-state index is -0.552. The van der Waals surface area contributed by atoms with Crippen LogP contribution >= 0.6 is 22.9 Å². The summed E-state index contributed by atoms with van der Waals surface area (Å²) in [4.78, 5) is 27.3. The van der Waals surface area contributed by atoms with Gasteiger partial charge in [0.2, 0.25) is 11.0 Å². The Kier molecular flexibility index (Phi) is 6.72. The zero-order chi connectivity index (χ0) is 22.7. The molecule has 0 bridgehead atoms. The van der Waals surface area contributed by atoms with Crippen molar-refractivity contribution in [1.82, 2.24) is 15.1 Å². The van der Waals surface area contributed by atoms with Crippen LogP contribution in [0.3, 0.4) is 0 Å². The van der Waals surface area contributed by atoms with Gasteiger partial charge < -0.3 is 10.2 Å². The number of rotatable bonds is 5. The van der Waals surface area contributed by atoms with Gasteiger partial charge in [0.15, 0.2) is 0 Å². The first-order valence-corrected chi connectivity index (χ1v) is 11.7. The lowest BCUT2D eigenvalue weighted by molar-refractivity contribution is -0.119. The Bertz CT molecular complexity index is 1120. The van der Waals surface area contributed by atoms with Crippen LogP contribution in [0.4, 0.5) is 15.6 Å². The highest BCUT2D eigenvalue weighted by atomic mass is 35.5. The lowest BCUT2D eigenvalue weighted by Gasteiger charge is -2.24. The van der Waals surface area contributed by atoms with Crippen molar-refractivity contribution >= 4 is 45.7 Å². The van der Waals surface area contributed by atoms with Gasteiger partial charge in [0, 0.05) is 22.8 Å². The van der Waals surface area contributed by atoms with Crippen molar-refractivity contribution in [2.24, 2.45) is 0 Å². The number of benzene rings is 2. The SMILES string of the molecule is CC(C)c1ccc(NC(=O)N2CCCC2C(=O)Nc2nnc(-c3cccc(Cl)c3)s2)cc1. The monoisotopic (exact) mass is 469 g/mol. The van der Waals surface area contributed by atoms with Gasteiger partial charge in [-0.2, -0.15) is 0 Å². The summed E-state index contributed by atoms with van der Waals surface area (Å²) in [6.45, 7) is 4.77. The molecule has 9 heteroatoms. The lowest BCUT2D eigenvalue weighted by Crippen LogP contribution is -2.45. The largest absolute Gasteiger partial charge is 0.322 e. The number of anilines is 2. The topological polar surface area (TPSA) is 87.2 Å². The summed E-state index contributed by atoms with van der Waals surface area (Å²) in [6, 6.07) is 14.2. The molecular weight excluding hydrogens is 446 g/mol. The van der Waals surface area contributed by atoms with E-state index >= 15 is 0 Å². The molecule has 2 N–H and O–H groups in total. The third-order valence-corrected chi connectivity index (χ3v) is 6.49. The fourth-order valence-electron chi connectivity index (χ4n) is 3.63. The van der Waals surface area contributed by atoms with Crippen LogP contribution in [-0.2, 0) is 4.79 Å². The Hall–Kier alpha value is -2.97. The van der Waals surface area contributed by atoms with E-state index in [2.05, 4.69) is 34.7 Å². The Morgan fingerprint density at radius 3 is 2.62 bits per heavy atom.